The number of nitrogen functional groups attached to an aromatic ring is 1. The van der Waals surface area contributed by atoms with Crippen molar-refractivity contribution in [3.05, 3.63) is 53.8 Å². The standard InChI is InChI=1S/C20H22FN3O.ClH/c21-14-5-1-6-15(13-14)23-11-4-10-19(20(23)25)24-12-3-7-16-17(22)8-2-9-18(16)24;/h1-2,5-6,8-9,13,19H,3-4,7,10-12,22H2;1H. The molecular formula is C20H23ClFN3O. The summed E-state index contributed by atoms with van der Waals surface area (Å²) in [4.78, 5) is 17.1. The molecule has 0 aliphatic carbocycles. The molecule has 2 heterocycles. The minimum Gasteiger partial charge on any atom is -0.398 e. The zero-order valence-electron chi connectivity index (χ0n) is 14.5. The van der Waals surface area contributed by atoms with Crippen molar-refractivity contribution < 1.29 is 9.18 Å². The van der Waals surface area contributed by atoms with E-state index in [2.05, 4.69) is 11.0 Å². The Morgan fingerprint density at radius 3 is 2.69 bits per heavy atom. The normalized spacial score (nSPS) is 19.7. The average molecular weight is 376 g/mol. The number of carbonyl (C=O) groups excluding carboxylic acids is 1. The Hall–Kier alpha value is -2.27. The van der Waals surface area contributed by atoms with Crippen molar-refractivity contribution in [2.45, 2.75) is 31.7 Å². The number of hydrogen-bond acceptors (Lipinski definition) is 3. The van der Waals surface area contributed by atoms with E-state index in [1.807, 2.05) is 12.1 Å². The quantitative estimate of drug-likeness (QED) is 0.813. The van der Waals surface area contributed by atoms with Gasteiger partial charge in [-0.2, -0.15) is 0 Å². The molecule has 4 nitrogen and oxygen atoms in total. The number of fused-ring (bicyclic) bond motifs is 1. The van der Waals surface area contributed by atoms with Crippen LogP contribution in [0, 0.1) is 5.82 Å². The number of anilines is 3. The third-order valence-electron chi connectivity index (χ3n) is 5.23. The molecule has 6 heteroatoms. The van der Waals surface area contributed by atoms with Crippen LogP contribution in [0.1, 0.15) is 24.8 Å². The number of benzene rings is 2. The van der Waals surface area contributed by atoms with Gasteiger partial charge in [0.2, 0.25) is 5.91 Å². The molecule has 1 saturated heterocycles. The molecular weight excluding hydrogens is 353 g/mol. The maximum absolute atomic E-state index is 13.6. The minimum absolute atomic E-state index is 0. The van der Waals surface area contributed by atoms with Crippen molar-refractivity contribution in [1.29, 1.82) is 0 Å². The van der Waals surface area contributed by atoms with Gasteiger partial charge in [0.05, 0.1) is 0 Å². The van der Waals surface area contributed by atoms with Gasteiger partial charge in [-0.15, -0.1) is 12.4 Å². The van der Waals surface area contributed by atoms with E-state index in [1.165, 1.54) is 12.1 Å². The second kappa shape index (κ2) is 7.54. The Labute approximate surface area is 159 Å². The predicted octanol–water partition coefficient (Wildman–Crippen LogP) is 3.78. The lowest BCUT2D eigenvalue weighted by atomic mass is 9.94. The Balaban J connectivity index is 0.00000196. The van der Waals surface area contributed by atoms with Crippen LogP contribution in [0.25, 0.3) is 0 Å². The number of halogens is 2. The first-order valence-corrected chi connectivity index (χ1v) is 8.86. The number of nitrogens with zero attached hydrogens (tertiary/aromatic N) is 2. The largest absolute Gasteiger partial charge is 0.398 e. The summed E-state index contributed by atoms with van der Waals surface area (Å²) in [5.74, 6) is -0.268. The first kappa shape index (κ1) is 18.5. The van der Waals surface area contributed by atoms with Crippen LogP contribution in [0.5, 0.6) is 0 Å². The molecule has 2 aromatic rings. The van der Waals surface area contributed by atoms with E-state index in [4.69, 9.17) is 5.73 Å². The lowest BCUT2D eigenvalue weighted by Crippen LogP contribution is -2.54. The van der Waals surface area contributed by atoms with Crippen molar-refractivity contribution in [1.82, 2.24) is 0 Å². The van der Waals surface area contributed by atoms with Crippen molar-refractivity contribution >= 4 is 35.4 Å². The second-order valence-corrected chi connectivity index (χ2v) is 6.77. The smallest absolute Gasteiger partial charge is 0.249 e. The summed E-state index contributed by atoms with van der Waals surface area (Å²) in [6, 6.07) is 12.0. The molecule has 0 spiro atoms. The molecule has 0 aromatic heterocycles. The van der Waals surface area contributed by atoms with Crippen LogP contribution in [0.15, 0.2) is 42.5 Å². The van der Waals surface area contributed by atoms with Gasteiger partial charge >= 0.3 is 0 Å². The van der Waals surface area contributed by atoms with Gasteiger partial charge in [-0.3, -0.25) is 4.79 Å². The highest BCUT2D eigenvalue weighted by Gasteiger charge is 2.36. The first-order chi connectivity index (χ1) is 12.1. The Morgan fingerprint density at radius 2 is 1.88 bits per heavy atom. The molecule has 1 amide bonds. The average Bonchev–Trinajstić information content (AvgIpc) is 2.62. The molecule has 1 fully saturated rings. The number of rotatable bonds is 2. The van der Waals surface area contributed by atoms with Crippen molar-refractivity contribution in [2.75, 3.05) is 28.6 Å². The van der Waals surface area contributed by atoms with Gasteiger partial charge < -0.3 is 15.5 Å². The third-order valence-corrected chi connectivity index (χ3v) is 5.23. The summed E-state index contributed by atoms with van der Waals surface area (Å²) in [5.41, 5.74) is 9.79. The highest BCUT2D eigenvalue weighted by Crippen LogP contribution is 2.35. The monoisotopic (exact) mass is 375 g/mol. The Kier molecular flexibility index (Phi) is 5.37. The first-order valence-electron chi connectivity index (χ1n) is 8.86. The van der Waals surface area contributed by atoms with E-state index in [0.29, 0.717) is 12.2 Å². The van der Waals surface area contributed by atoms with E-state index >= 15 is 0 Å². The van der Waals surface area contributed by atoms with Crippen LogP contribution < -0.4 is 15.5 Å². The fourth-order valence-corrected chi connectivity index (χ4v) is 4.05. The zero-order chi connectivity index (χ0) is 17.4. The lowest BCUT2D eigenvalue weighted by molar-refractivity contribution is -0.121. The molecule has 0 saturated carbocycles. The van der Waals surface area contributed by atoms with Crippen LogP contribution in [0.4, 0.5) is 21.5 Å². The fraction of sp³-hybridized carbons (Fsp3) is 0.350. The van der Waals surface area contributed by atoms with E-state index < -0.39 is 0 Å². The number of amides is 1. The molecule has 1 atom stereocenters. The Morgan fingerprint density at radius 1 is 1.08 bits per heavy atom. The van der Waals surface area contributed by atoms with Crippen LogP contribution >= 0.6 is 12.4 Å². The topological polar surface area (TPSA) is 49.6 Å². The highest BCUT2D eigenvalue weighted by molar-refractivity contribution is 6.00. The fourth-order valence-electron chi connectivity index (χ4n) is 4.05. The maximum Gasteiger partial charge on any atom is 0.249 e. The highest BCUT2D eigenvalue weighted by atomic mass is 35.5. The lowest BCUT2D eigenvalue weighted by Gasteiger charge is -2.42. The van der Waals surface area contributed by atoms with Crippen molar-refractivity contribution in [3.63, 3.8) is 0 Å². The van der Waals surface area contributed by atoms with Gasteiger partial charge in [0.1, 0.15) is 11.9 Å². The van der Waals surface area contributed by atoms with Gasteiger partial charge in [0.25, 0.3) is 0 Å². The van der Waals surface area contributed by atoms with Crippen LogP contribution in [0.3, 0.4) is 0 Å². The molecule has 138 valence electrons. The molecule has 1 unspecified atom stereocenters. The minimum atomic E-state index is -0.316. The predicted molar refractivity (Wildman–Crippen MR) is 106 cm³/mol. The molecule has 4 rings (SSSR count). The van der Waals surface area contributed by atoms with Gasteiger partial charge in [0.15, 0.2) is 0 Å². The van der Waals surface area contributed by atoms with Crippen molar-refractivity contribution in [2.24, 2.45) is 0 Å². The summed E-state index contributed by atoms with van der Waals surface area (Å²) >= 11 is 0. The SMILES string of the molecule is Cl.Nc1cccc2c1CCCN2C1CCCN(c2cccc(F)c2)C1=O. The molecule has 0 radical (unpaired) electrons. The molecule has 2 aliphatic rings. The molecule has 0 bridgehead atoms. The summed E-state index contributed by atoms with van der Waals surface area (Å²) in [7, 11) is 0. The summed E-state index contributed by atoms with van der Waals surface area (Å²) < 4.78 is 13.6. The van der Waals surface area contributed by atoms with E-state index in [9.17, 15) is 9.18 Å². The van der Waals surface area contributed by atoms with Gasteiger partial charge in [-0.05, 0) is 61.6 Å². The summed E-state index contributed by atoms with van der Waals surface area (Å²) in [6.45, 7) is 1.49. The van der Waals surface area contributed by atoms with E-state index in [0.717, 1.165) is 49.2 Å². The van der Waals surface area contributed by atoms with Crippen LogP contribution in [0.2, 0.25) is 0 Å². The van der Waals surface area contributed by atoms with Gasteiger partial charge in [-0.25, -0.2) is 4.39 Å². The van der Waals surface area contributed by atoms with Crippen LogP contribution in [-0.2, 0) is 11.2 Å². The molecule has 2 aliphatic heterocycles. The molecule has 2 N–H and O–H groups in total. The van der Waals surface area contributed by atoms with E-state index in [1.54, 1.807) is 17.0 Å². The number of piperidine rings is 1. The third kappa shape index (κ3) is 3.23. The summed E-state index contributed by atoms with van der Waals surface area (Å²) in [5, 5.41) is 0. The maximum atomic E-state index is 13.6. The zero-order valence-corrected chi connectivity index (χ0v) is 15.3. The number of hydrogen-bond donors (Lipinski definition) is 1. The molecule has 26 heavy (non-hydrogen) atoms. The number of carbonyl (C=O) groups is 1. The Bertz CT molecular complexity index is 813. The van der Waals surface area contributed by atoms with Crippen molar-refractivity contribution in [3.8, 4) is 0 Å². The van der Waals surface area contributed by atoms with Gasteiger partial charge in [-0.1, -0.05) is 12.1 Å². The number of nitrogens with two attached hydrogens (primary N) is 1. The van der Waals surface area contributed by atoms with Gasteiger partial charge in [0, 0.05) is 30.2 Å². The van der Waals surface area contributed by atoms with E-state index in [-0.39, 0.29) is 30.2 Å². The molecule has 2 aromatic carbocycles. The summed E-state index contributed by atoms with van der Waals surface area (Å²) in [6.07, 6.45) is 3.66. The second-order valence-electron chi connectivity index (χ2n) is 6.77. The van der Waals surface area contributed by atoms with Crippen LogP contribution in [-0.4, -0.2) is 25.0 Å².